The Hall–Kier alpha value is -1.52. The first-order valence-electron chi connectivity index (χ1n) is 8.84. The van der Waals surface area contributed by atoms with Gasteiger partial charge in [0.2, 0.25) is 5.91 Å². The summed E-state index contributed by atoms with van der Waals surface area (Å²) in [7, 11) is 0. The average Bonchev–Trinajstić information content (AvgIpc) is 3.27. The van der Waals surface area contributed by atoms with Gasteiger partial charge in [-0.3, -0.25) is 9.48 Å². The van der Waals surface area contributed by atoms with E-state index >= 15 is 0 Å². The molecule has 25 heavy (non-hydrogen) atoms. The number of hydrogen-bond acceptors (Lipinski definition) is 2. The molecule has 132 valence electrons. The Morgan fingerprint density at radius 1 is 1.24 bits per heavy atom. The summed E-state index contributed by atoms with van der Waals surface area (Å²) in [5.74, 6) is 2.87. The molecule has 3 atom stereocenters. The van der Waals surface area contributed by atoms with E-state index in [-0.39, 0.29) is 5.91 Å². The second kappa shape index (κ2) is 7.00. The summed E-state index contributed by atoms with van der Waals surface area (Å²) < 4.78 is 1.77. The van der Waals surface area contributed by atoms with E-state index in [9.17, 15) is 4.79 Å². The van der Waals surface area contributed by atoms with Crippen LogP contribution in [0, 0.1) is 17.8 Å². The zero-order valence-corrected chi connectivity index (χ0v) is 15.4. The molecule has 0 unspecified atom stereocenters. The molecular formula is C19H21Cl2N3O. The van der Waals surface area contributed by atoms with Crippen molar-refractivity contribution in [2.24, 2.45) is 17.8 Å². The third-order valence-electron chi connectivity index (χ3n) is 5.59. The summed E-state index contributed by atoms with van der Waals surface area (Å²) >= 11 is 12.1. The lowest BCUT2D eigenvalue weighted by molar-refractivity contribution is -0.117. The first-order chi connectivity index (χ1) is 12.1. The van der Waals surface area contributed by atoms with Crippen LogP contribution >= 0.6 is 23.2 Å². The number of rotatable bonds is 5. The second-order valence-electron chi connectivity index (χ2n) is 7.32. The van der Waals surface area contributed by atoms with E-state index < -0.39 is 0 Å². The third kappa shape index (κ3) is 3.85. The van der Waals surface area contributed by atoms with E-state index in [0.717, 1.165) is 17.4 Å². The molecule has 1 heterocycles. The van der Waals surface area contributed by atoms with E-state index in [1.54, 1.807) is 10.7 Å². The Bertz CT molecular complexity index is 789. The number of halogens is 2. The number of anilines is 1. The van der Waals surface area contributed by atoms with Crippen LogP contribution in [0.5, 0.6) is 0 Å². The molecule has 4 rings (SSSR count). The van der Waals surface area contributed by atoms with E-state index in [4.69, 9.17) is 23.2 Å². The lowest BCUT2D eigenvalue weighted by atomic mass is 9.86. The summed E-state index contributed by atoms with van der Waals surface area (Å²) in [5.41, 5.74) is 0.939. The number of carbonyl (C=O) groups is 1. The van der Waals surface area contributed by atoms with Crippen LogP contribution in [0.25, 0.3) is 0 Å². The number of hydrogen-bond donors (Lipinski definition) is 1. The van der Waals surface area contributed by atoms with E-state index in [1.165, 1.54) is 25.7 Å². The van der Waals surface area contributed by atoms with Crippen LogP contribution in [0.15, 0.2) is 30.5 Å². The Labute approximate surface area is 157 Å². The first kappa shape index (κ1) is 16.9. The van der Waals surface area contributed by atoms with Gasteiger partial charge in [-0.15, -0.1) is 0 Å². The highest BCUT2D eigenvalue weighted by Crippen LogP contribution is 2.49. The molecule has 1 aromatic heterocycles. The van der Waals surface area contributed by atoms with Crippen molar-refractivity contribution in [1.29, 1.82) is 0 Å². The molecule has 0 saturated heterocycles. The highest BCUT2D eigenvalue weighted by atomic mass is 35.5. The van der Waals surface area contributed by atoms with Crippen molar-refractivity contribution in [3.8, 4) is 0 Å². The Morgan fingerprint density at radius 3 is 2.84 bits per heavy atom. The van der Waals surface area contributed by atoms with E-state index in [1.807, 2.05) is 24.4 Å². The molecule has 2 aromatic rings. The van der Waals surface area contributed by atoms with Crippen molar-refractivity contribution >= 4 is 34.9 Å². The van der Waals surface area contributed by atoms with Gasteiger partial charge in [-0.1, -0.05) is 35.7 Å². The summed E-state index contributed by atoms with van der Waals surface area (Å²) in [6.45, 7) is 0.540. The van der Waals surface area contributed by atoms with Crippen molar-refractivity contribution < 1.29 is 4.79 Å². The van der Waals surface area contributed by atoms with Gasteiger partial charge in [0.05, 0.1) is 6.54 Å². The van der Waals surface area contributed by atoms with Crippen LogP contribution < -0.4 is 5.32 Å². The molecule has 2 aliphatic rings. The fraction of sp³-hybridized carbons (Fsp3) is 0.474. The van der Waals surface area contributed by atoms with Gasteiger partial charge in [0.1, 0.15) is 0 Å². The summed E-state index contributed by atoms with van der Waals surface area (Å²) in [5, 5.41) is 8.59. The molecule has 2 fully saturated rings. The molecule has 0 spiro atoms. The van der Waals surface area contributed by atoms with Gasteiger partial charge < -0.3 is 5.32 Å². The highest BCUT2D eigenvalue weighted by Gasteiger charge is 2.40. The minimum Gasteiger partial charge on any atom is -0.309 e. The number of aromatic nitrogens is 2. The maximum Gasteiger partial charge on any atom is 0.225 e. The van der Waals surface area contributed by atoms with Gasteiger partial charge >= 0.3 is 0 Å². The summed E-state index contributed by atoms with van der Waals surface area (Å²) in [6, 6.07) is 7.24. The maximum atomic E-state index is 12.3. The standard InChI is InChI=1S/C19H21Cl2N3O/c20-16-4-3-14(17(21)10-16)11-24-6-5-18(23-24)22-19(25)9-15-8-12-1-2-13(15)7-12/h3-6,10,12-13,15H,1-2,7-9,11H2,(H,22,23,25)/t12-,13-,15-/m1/s1. The van der Waals surface area contributed by atoms with Crippen LogP contribution in [-0.2, 0) is 11.3 Å². The third-order valence-corrected chi connectivity index (χ3v) is 6.17. The van der Waals surface area contributed by atoms with E-state index in [2.05, 4.69) is 10.4 Å². The van der Waals surface area contributed by atoms with Crippen molar-refractivity contribution in [2.45, 2.75) is 38.6 Å². The zero-order valence-electron chi connectivity index (χ0n) is 13.9. The van der Waals surface area contributed by atoms with Crippen LogP contribution in [0.2, 0.25) is 10.0 Å². The number of fused-ring (bicyclic) bond motifs is 2. The van der Waals surface area contributed by atoms with Crippen LogP contribution in [0.4, 0.5) is 5.82 Å². The minimum atomic E-state index is 0.0762. The van der Waals surface area contributed by atoms with Crippen LogP contribution in [0.3, 0.4) is 0 Å². The van der Waals surface area contributed by atoms with Crippen LogP contribution in [-0.4, -0.2) is 15.7 Å². The molecular weight excluding hydrogens is 357 g/mol. The number of nitrogens with one attached hydrogen (secondary N) is 1. The Morgan fingerprint density at radius 2 is 2.12 bits per heavy atom. The molecule has 1 amide bonds. The molecule has 2 aliphatic carbocycles. The summed E-state index contributed by atoms with van der Waals surface area (Å²) in [4.78, 5) is 12.3. The number of carbonyl (C=O) groups excluding carboxylic acids is 1. The van der Waals surface area contributed by atoms with Gasteiger partial charge in [0, 0.05) is 28.7 Å². The van der Waals surface area contributed by atoms with Crippen molar-refractivity contribution in [3.63, 3.8) is 0 Å². The van der Waals surface area contributed by atoms with E-state index in [0.29, 0.717) is 34.7 Å². The van der Waals surface area contributed by atoms with Gasteiger partial charge in [-0.25, -0.2) is 0 Å². The summed E-state index contributed by atoms with van der Waals surface area (Å²) in [6.07, 6.45) is 7.69. The lowest BCUT2D eigenvalue weighted by Gasteiger charge is -2.20. The highest BCUT2D eigenvalue weighted by molar-refractivity contribution is 6.35. The number of benzene rings is 1. The van der Waals surface area contributed by atoms with Gasteiger partial charge in [0.25, 0.3) is 0 Å². The molecule has 0 radical (unpaired) electrons. The fourth-order valence-electron chi connectivity index (χ4n) is 4.40. The predicted octanol–water partition coefficient (Wildman–Crippen LogP) is 5.00. The molecule has 4 nitrogen and oxygen atoms in total. The molecule has 6 heteroatoms. The quantitative estimate of drug-likeness (QED) is 0.796. The minimum absolute atomic E-state index is 0.0762. The average molecular weight is 378 g/mol. The van der Waals surface area contributed by atoms with Gasteiger partial charge in [-0.05, 0) is 54.7 Å². The van der Waals surface area contributed by atoms with Crippen LogP contribution in [0.1, 0.15) is 37.7 Å². The van der Waals surface area contributed by atoms with Gasteiger partial charge in [0.15, 0.2) is 5.82 Å². The Balaban J connectivity index is 1.34. The van der Waals surface area contributed by atoms with Gasteiger partial charge in [-0.2, -0.15) is 5.10 Å². The first-order valence-corrected chi connectivity index (χ1v) is 9.59. The van der Waals surface area contributed by atoms with Crippen molar-refractivity contribution in [3.05, 3.63) is 46.1 Å². The zero-order chi connectivity index (χ0) is 17.4. The Kier molecular flexibility index (Phi) is 4.74. The molecule has 1 aromatic carbocycles. The van der Waals surface area contributed by atoms with Crippen molar-refractivity contribution in [2.75, 3.05) is 5.32 Å². The molecule has 0 aliphatic heterocycles. The topological polar surface area (TPSA) is 46.9 Å². The fourth-order valence-corrected chi connectivity index (χ4v) is 4.87. The predicted molar refractivity (Wildman–Crippen MR) is 100.0 cm³/mol. The van der Waals surface area contributed by atoms with Crippen molar-refractivity contribution in [1.82, 2.24) is 9.78 Å². The molecule has 2 saturated carbocycles. The number of nitrogens with zero attached hydrogens (tertiary/aromatic N) is 2. The monoisotopic (exact) mass is 377 g/mol. The second-order valence-corrected chi connectivity index (χ2v) is 8.17. The molecule has 1 N–H and O–H groups in total. The molecule has 2 bridgehead atoms. The SMILES string of the molecule is O=C(C[C@H]1C[C@@H]2CC[C@@H]1C2)Nc1ccn(Cc2ccc(Cl)cc2Cl)n1. The largest absolute Gasteiger partial charge is 0.309 e. The smallest absolute Gasteiger partial charge is 0.225 e. The maximum absolute atomic E-state index is 12.3. The number of amides is 1. The normalized spacial score (nSPS) is 24.6. The lowest BCUT2D eigenvalue weighted by Crippen LogP contribution is -2.20.